The van der Waals surface area contributed by atoms with Gasteiger partial charge in [0.15, 0.2) is 0 Å². The van der Waals surface area contributed by atoms with Crippen LogP contribution in [0, 0.1) is 5.92 Å². The Labute approximate surface area is 107 Å². The van der Waals surface area contributed by atoms with Gasteiger partial charge in [0.05, 0.1) is 19.8 Å². The molecule has 2 aliphatic rings. The van der Waals surface area contributed by atoms with Crippen molar-refractivity contribution >= 4 is 11.8 Å². The van der Waals surface area contributed by atoms with E-state index in [0.29, 0.717) is 45.9 Å². The highest BCUT2D eigenvalue weighted by Crippen LogP contribution is 2.28. The molecule has 0 spiro atoms. The lowest BCUT2D eigenvalue weighted by atomic mass is 10.4. The molecule has 1 aliphatic heterocycles. The highest BCUT2D eigenvalue weighted by atomic mass is 16.5. The van der Waals surface area contributed by atoms with Crippen molar-refractivity contribution in [2.45, 2.75) is 12.8 Å². The third-order valence-electron chi connectivity index (χ3n) is 3.19. The van der Waals surface area contributed by atoms with Gasteiger partial charge in [-0.1, -0.05) is 0 Å². The molecule has 0 bridgehead atoms. The van der Waals surface area contributed by atoms with Crippen molar-refractivity contribution in [2.75, 3.05) is 45.9 Å². The van der Waals surface area contributed by atoms with Crippen molar-refractivity contribution in [3.63, 3.8) is 0 Å². The Bertz CT molecular complexity index is 299. The van der Waals surface area contributed by atoms with Gasteiger partial charge >= 0.3 is 0 Å². The molecule has 1 heterocycles. The first-order valence-electron chi connectivity index (χ1n) is 6.61. The molecule has 6 heteroatoms. The quantitative estimate of drug-likeness (QED) is 0.595. The van der Waals surface area contributed by atoms with E-state index in [0.717, 1.165) is 12.8 Å². The van der Waals surface area contributed by atoms with Gasteiger partial charge in [-0.15, -0.1) is 0 Å². The fraction of sp³-hybridized carbons (Fsp3) is 0.833. The largest absolute Gasteiger partial charge is 0.378 e. The first kappa shape index (κ1) is 13.3. The number of amides is 2. The number of hydrogen-bond acceptors (Lipinski definition) is 4. The second-order valence-corrected chi connectivity index (χ2v) is 4.74. The summed E-state index contributed by atoms with van der Waals surface area (Å²) in [4.78, 5) is 24.9. The fourth-order valence-corrected chi connectivity index (χ4v) is 1.88. The molecule has 2 amide bonds. The monoisotopic (exact) mass is 255 g/mol. The van der Waals surface area contributed by atoms with E-state index in [1.165, 1.54) is 0 Å². The zero-order valence-electron chi connectivity index (χ0n) is 10.6. The van der Waals surface area contributed by atoms with Crippen LogP contribution in [0.25, 0.3) is 0 Å². The van der Waals surface area contributed by atoms with Crippen LogP contribution >= 0.6 is 0 Å². The van der Waals surface area contributed by atoms with Gasteiger partial charge in [0.25, 0.3) is 0 Å². The smallest absolute Gasteiger partial charge is 0.236 e. The van der Waals surface area contributed by atoms with Crippen molar-refractivity contribution in [1.82, 2.24) is 15.5 Å². The van der Waals surface area contributed by atoms with Crippen molar-refractivity contribution < 1.29 is 14.3 Å². The number of carbonyl (C=O) groups is 2. The van der Waals surface area contributed by atoms with Crippen molar-refractivity contribution in [3.8, 4) is 0 Å². The minimum atomic E-state index is 0.104. The molecule has 1 saturated carbocycles. The Morgan fingerprint density at radius 1 is 1.17 bits per heavy atom. The molecule has 6 nitrogen and oxygen atoms in total. The molecule has 1 aliphatic carbocycles. The van der Waals surface area contributed by atoms with E-state index in [9.17, 15) is 9.59 Å². The lowest BCUT2D eigenvalue weighted by Gasteiger charge is -2.26. The molecule has 18 heavy (non-hydrogen) atoms. The van der Waals surface area contributed by atoms with Crippen LogP contribution in [-0.2, 0) is 14.3 Å². The van der Waals surface area contributed by atoms with Crippen LogP contribution in [-0.4, -0.2) is 62.7 Å². The normalized spacial score (nSPS) is 19.7. The Morgan fingerprint density at radius 3 is 2.56 bits per heavy atom. The summed E-state index contributed by atoms with van der Waals surface area (Å²) < 4.78 is 5.19. The number of nitrogens with one attached hydrogen (secondary N) is 2. The third kappa shape index (κ3) is 4.27. The summed E-state index contributed by atoms with van der Waals surface area (Å²) in [5.41, 5.74) is 0. The van der Waals surface area contributed by atoms with Gasteiger partial charge in [0, 0.05) is 32.1 Å². The average Bonchev–Trinajstić information content (AvgIpc) is 3.23. The van der Waals surface area contributed by atoms with Gasteiger partial charge < -0.3 is 20.3 Å². The number of morpholine rings is 1. The van der Waals surface area contributed by atoms with E-state index >= 15 is 0 Å². The Balaban J connectivity index is 1.49. The highest BCUT2D eigenvalue weighted by molar-refractivity contribution is 5.80. The van der Waals surface area contributed by atoms with E-state index in [1.807, 2.05) is 0 Å². The van der Waals surface area contributed by atoms with Crippen molar-refractivity contribution in [1.29, 1.82) is 0 Å². The summed E-state index contributed by atoms with van der Waals surface area (Å²) in [6.45, 7) is 4.17. The molecule has 102 valence electrons. The van der Waals surface area contributed by atoms with E-state index in [1.54, 1.807) is 4.90 Å². The summed E-state index contributed by atoms with van der Waals surface area (Å²) >= 11 is 0. The molecular weight excluding hydrogens is 234 g/mol. The highest BCUT2D eigenvalue weighted by Gasteiger charge is 2.28. The molecule has 0 radical (unpaired) electrons. The summed E-state index contributed by atoms with van der Waals surface area (Å²) in [5, 5.41) is 5.90. The minimum Gasteiger partial charge on any atom is -0.378 e. The zero-order valence-corrected chi connectivity index (χ0v) is 10.6. The van der Waals surface area contributed by atoms with Crippen LogP contribution in [0.5, 0.6) is 0 Å². The van der Waals surface area contributed by atoms with E-state index < -0.39 is 0 Å². The third-order valence-corrected chi connectivity index (χ3v) is 3.19. The molecule has 0 aromatic carbocycles. The maximum atomic E-state index is 11.7. The molecule has 2 rings (SSSR count). The molecule has 1 saturated heterocycles. The summed E-state index contributed by atoms with van der Waals surface area (Å²) in [6, 6.07) is 0. The Kier molecular flexibility index (Phi) is 4.95. The van der Waals surface area contributed by atoms with Crippen molar-refractivity contribution in [2.24, 2.45) is 5.92 Å². The van der Waals surface area contributed by atoms with Gasteiger partial charge in [-0.25, -0.2) is 0 Å². The lowest BCUT2D eigenvalue weighted by molar-refractivity contribution is -0.134. The minimum absolute atomic E-state index is 0.104. The van der Waals surface area contributed by atoms with Crippen LogP contribution in [0.4, 0.5) is 0 Å². The molecule has 0 unspecified atom stereocenters. The Hall–Kier alpha value is -1.14. The maximum Gasteiger partial charge on any atom is 0.236 e. The molecule has 0 atom stereocenters. The van der Waals surface area contributed by atoms with Crippen LogP contribution < -0.4 is 10.6 Å². The van der Waals surface area contributed by atoms with Crippen molar-refractivity contribution in [3.05, 3.63) is 0 Å². The molecule has 0 aromatic heterocycles. The second kappa shape index (κ2) is 6.70. The van der Waals surface area contributed by atoms with E-state index in [2.05, 4.69) is 10.6 Å². The first-order valence-corrected chi connectivity index (χ1v) is 6.61. The summed E-state index contributed by atoms with van der Waals surface area (Å²) in [6.07, 6.45) is 2.05. The number of rotatable bonds is 6. The topological polar surface area (TPSA) is 70.7 Å². The van der Waals surface area contributed by atoms with E-state index in [4.69, 9.17) is 4.74 Å². The Morgan fingerprint density at radius 2 is 1.89 bits per heavy atom. The molecular formula is C12H21N3O3. The van der Waals surface area contributed by atoms with Crippen LogP contribution in [0.3, 0.4) is 0 Å². The second-order valence-electron chi connectivity index (χ2n) is 4.74. The SMILES string of the molecule is O=C(NCCNCC(=O)N1CCOCC1)C1CC1. The predicted octanol–water partition coefficient (Wildman–Crippen LogP) is -1.04. The van der Waals surface area contributed by atoms with Crippen LogP contribution in [0.2, 0.25) is 0 Å². The van der Waals surface area contributed by atoms with Crippen LogP contribution in [0.15, 0.2) is 0 Å². The number of carbonyl (C=O) groups excluding carboxylic acids is 2. The van der Waals surface area contributed by atoms with Crippen LogP contribution in [0.1, 0.15) is 12.8 Å². The molecule has 0 aromatic rings. The summed E-state index contributed by atoms with van der Waals surface area (Å²) in [5.74, 6) is 0.503. The fourth-order valence-electron chi connectivity index (χ4n) is 1.88. The van der Waals surface area contributed by atoms with Gasteiger partial charge in [0.2, 0.25) is 11.8 Å². The number of hydrogen-bond donors (Lipinski definition) is 2. The number of ether oxygens (including phenoxy) is 1. The van der Waals surface area contributed by atoms with Gasteiger partial charge in [-0.3, -0.25) is 9.59 Å². The number of nitrogens with zero attached hydrogens (tertiary/aromatic N) is 1. The molecule has 2 fully saturated rings. The zero-order chi connectivity index (χ0) is 12.8. The van der Waals surface area contributed by atoms with Gasteiger partial charge in [-0.05, 0) is 12.8 Å². The van der Waals surface area contributed by atoms with Gasteiger partial charge in [-0.2, -0.15) is 0 Å². The lowest BCUT2D eigenvalue weighted by Crippen LogP contribution is -2.45. The maximum absolute atomic E-state index is 11.7. The average molecular weight is 255 g/mol. The summed E-state index contributed by atoms with van der Waals surface area (Å²) in [7, 11) is 0. The first-order chi connectivity index (χ1) is 8.77. The van der Waals surface area contributed by atoms with Gasteiger partial charge in [0.1, 0.15) is 0 Å². The van der Waals surface area contributed by atoms with E-state index in [-0.39, 0.29) is 17.7 Å². The standard InChI is InChI=1S/C12H21N3O3/c16-11(15-5-7-18-8-6-15)9-13-3-4-14-12(17)10-1-2-10/h10,13H,1-9H2,(H,14,17). The predicted molar refractivity (Wildman–Crippen MR) is 66.0 cm³/mol. The molecule has 2 N–H and O–H groups in total.